The van der Waals surface area contributed by atoms with Crippen LogP contribution in [0.5, 0.6) is 5.75 Å². The molecule has 2 rings (SSSR count). The summed E-state index contributed by atoms with van der Waals surface area (Å²) in [7, 11) is 0. The first-order chi connectivity index (χ1) is 8.69. The molecule has 0 radical (unpaired) electrons. The van der Waals surface area contributed by atoms with Crippen LogP contribution in [-0.4, -0.2) is 11.6 Å². The van der Waals surface area contributed by atoms with Crippen molar-refractivity contribution in [1.82, 2.24) is 4.98 Å². The van der Waals surface area contributed by atoms with Gasteiger partial charge in [-0.3, -0.25) is 0 Å². The molecule has 0 aliphatic carbocycles. The van der Waals surface area contributed by atoms with Crippen molar-refractivity contribution in [3.05, 3.63) is 44.6 Å². The smallest absolute Gasteiger partial charge is 0.166 e. The number of alkyl halides is 1. The van der Waals surface area contributed by atoms with E-state index in [1.807, 2.05) is 5.38 Å². The number of hydrogen-bond acceptors (Lipinski definition) is 3. The van der Waals surface area contributed by atoms with Crippen molar-refractivity contribution in [2.75, 3.05) is 6.61 Å². The molecule has 0 bridgehead atoms. The molecule has 0 saturated carbocycles. The Bertz CT molecular complexity index is 535. The number of halogens is 3. The normalized spacial score (nSPS) is 10.6. The van der Waals surface area contributed by atoms with Gasteiger partial charge in [0.25, 0.3) is 0 Å². The molecule has 0 saturated heterocycles. The standard InChI is InChI=1S/C12H10BrClFNOS/c13-8-1-2-11(10(15)5-8)17-4-3-12-16-9(6-14)7-18-12/h1-2,5,7H,3-4,6H2. The molecular formula is C12H10BrClFNOS. The first-order valence-corrected chi connectivity index (χ1v) is 7.47. The molecule has 0 aliphatic rings. The second-order valence-electron chi connectivity index (χ2n) is 3.54. The van der Waals surface area contributed by atoms with E-state index in [-0.39, 0.29) is 11.6 Å². The van der Waals surface area contributed by atoms with Crippen LogP contribution in [0.2, 0.25) is 0 Å². The quantitative estimate of drug-likeness (QED) is 0.745. The number of benzene rings is 1. The van der Waals surface area contributed by atoms with E-state index in [9.17, 15) is 4.39 Å². The third-order valence-electron chi connectivity index (χ3n) is 2.20. The Labute approximate surface area is 122 Å². The van der Waals surface area contributed by atoms with Gasteiger partial charge in [0.1, 0.15) is 0 Å². The third-order valence-corrected chi connectivity index (χ3v) is 3.93. The number of nitrogens with zero attached hydrogens (tertiary/aromatic N) is 1. The summed E-state index contributed by atoms with van der Waals surface area (Å²) in [5.74, 6) is 0.302. The molecule has 1 aromatic carbocycles. The van der Waals surface area contributed by atoms with Crippen molar-refractivity contribution in [1.29, 1.82) is 0 Å². The lowest BCUT2D eigenvalue weighted by Crippen LogP contribution is -2.02. The van der Waals surface area contributed by atoms with Crippen molar-refractivity contribution in [3.63, 3.8) is 0 Å². The lowest BCUT2D eigenvalue weighted by atomic mass is 10.3. The molecular weight excluding hydrogens is 341 g/mol. The highest BCUT2D eigenvalue weighted by molar-refractivity contribution is 9.10. The van der Waals surface area contributed by atoms with Gasteiger partial charge >= 0.3 is 0 Å². The first-order valence-electron chi connectivity index (χ1n) is 5.26. The summed E-state index contributed by atoms with van der Waals surface area (Å²) in [5.41, 5.74) is 0.867. The Morgan fingerprint density at radius 1 is 1.44 bits per heavy atom. The summed E-state index contributed by atoms with van der Waals surface area (Å²) in [5, 5.41) is 2.87. The number of ether oxygens (including phenoxy) is 1. The van der Waals surface area contributed by atoms with Gasteiger partial charge in [0.05, 0.1) is 23.2 Å². The fourth-order valence-corrected chi connectivity index (χ4v) is 2.71. The summed E-state index contributed by atoms with van der Waals surface area (Å²) in [6.45, 7) is 0.397. The van der Waals surface area contributed by atoms with Crippen LogP contribution in [-0.2, 0) is 12.3 Å². The largest absolute Gasteiger partial charge is 0.490 e. The molecule has 96 valence electrons. The van der Waals surface area contributed by atoms with Crippen molar-refractivity contribution < 1.29 is 9.13 Å². The van der Waals surface area contributed by atoms with Crippen molar-refractivity contribution in [3.8, 4) is 5.75 Å². The predicted octanol–water partition coefficient (Wildman–Crippen LogP) is 4.41. The lowest BCUT2D eigenvalue weighted by molar-refractivity contribution is 0.305. The van der Waals surface area contributed by atoms with Crippen LogP contribution in [0.4, 0.5) is 4.39 Å². The van der Waals surface area contributed by atoms with Gasteiger partial charge in [0, 0.05) is 16.3 Å². The minimum atomic E-state index is -0.370. The van der Waals surface area contributed by atoms with Gasteiger partial charge in [-0.15, -0.1) is 22.9 Å². The van der Waals surface area contributed by atoms with Gasteiger partial charge in [-0.25, -0.2) is 9.37 Å². The Hall–Kier alpha value is -0.650. The summed E-state index contributed by atoms with van der Waals surface area (Å²) < 4.78 is 19.5. The number of aromatic nitrogens is 1. The topological polar surface area (TPSA) is 22.1 Å². The SMILES string of the molecule is Fc1cc(Br)ccc1OCCc1nc(CCl)cs1. The molecule has 6 heteroatoms. The molecule has 0 N–H and O–H groups in total. The summed E-state index contributed by atoms with van der Waals surface area (Å²) in [6.07, 6.45) is 0.650. The van der Waals surface area contributed by atoms with E-state index in [1.54, 1.807) is 12.1 Å². The summed E-state index contributed by atoms with van der Waals surface area (Å²) >= 11 is 10.4. The zero-order valence-electron chi connectivity index (χ0n) is 9.33. The first kappa shape index (κ1) is 13.8. The average molecular weight is 351 g/mol. The maximum atomic E-state index is 13.4. The molecule has 1 heterocycles. The molecule has 0 amide bonds. The fraction of sp³-hybridized carbons (Fsp3) is 0.250. The fourth-order valence-electron chi connectivity index (χ4n) is 1.37. The Morgan fingerprint density at radius 3 is 2.94 bits per heavy atom. The second-order valence-corrected chi connectivity index (χ2v) is 5.67. The highest BCUT2D eigenvalue weighted by Gasteiger charge is 2.05. The van der Waals surface area contributed by atoms with E-state index in [0.717, 1.165) is 10.7 Å². The Balaban J connectivity index is 1.88. The van der Waals surface area contributed by atoms with E-state index in [1.165, 1.54) is 17.4 Å². The molecule has 0 unspecified atom stereocenters. The van der Waals surface area contributed by atoms with Gasteiger partial charge in [0.15, 0.2) is 11.6 Å². The van der Waals surface area contributed by atoms with E-state index < -0.39 is 0 Å². The van der Waals surface area contributed by atoms with Crippen LogP contribution in [0.15, 0.2) is 28.1 Å². The maximum Gasteiger partial charge on any atom is 0.166 e. The van der Waals surface area contributed by atoms with Crippen molar-refractivity contribution in [2.45, 2.75) is 12.3 Å². The minimum absolute atomic E-state index is 0.257. The lowest BCUT2D eigenvalue weighted by Gasteiger charge is -2.06. The van der Waals surface area contributed by atoms with Crippen molar-refractivity contribution >= 4 is 38.9 Å². The average Bonchev–Trinajstić information content (AvgIpc) is 2.80. The molecule has 0 spiro atoms. The summed E-state index contributed by atoms with van der Waals surface area (Å²) in [6, 6.07) is 4.73. The molecule has 0 fully saturated rings. The Morgan fingerprint density at radius 2 is 2.28 bits per heavy atom. The van der Waals surface area contributed by atoms with Crippen LogP contribution in [0.25, 0.3) is 0 Å². The molecule has 2 aromatic rings. The molecule has 0 atom stereocenters. The van der Waals surface area contributed by atoms with Gasteiger partial charge in [-0.1, -0.05) is 15.9 Å². The maximum absolute atomic E-state index is 13.4. The van der Waals surface area contributed by atoms with Gasteiger partial charge in [-0.05, 0) is 18.2 Å². The van der Waals surface area contributed by atoms with Crippen LogP contribution in [0.3, 0.4) is 0 Å². The van der Waals surface area contributed by atoms with Crippen LogP contribution >= 0.6 is 38.9 Å². The highest BCUT2D eigenvalue weighted by atomic mass is 79.9. The van der Waals surface area contributed by atoms with Crippen LogP contribution < -0.4 is 4.74 Å². The second kappa shape index (κ2) is 6.50. The zero-order chi connectivity index (χ0) is 13.0. The van der Waals surface area contributed by atoms with Gasteiger partial charge in [0.2, 0.25) is 0 Å². The minimum Gasteiger partial charge on any atom is -0.490 e. The molecule has 2 nitrogen and oxygen atoms in total. The number of rotatable bonds is 5. The molecule has 18 heavy (non-hydrogen) atoms. The Kier molecular flexibility index (Phi) is 4.97. The van der Waals surface area contributed by atoms with E-state index in [2.05, 4.69) is 20.9 Å². The number of hydrogen-bond donors (Lipinski definition) is 0. The van der Waals surface area contributed by atoms with Crippen LogP contribution in [0.1, 0.15) is 10.7 Å². The van der Waals surface area contributed by atoms with E-state index in [0.29, 0.717) is 23.4 Å². The molecule has 0 aliphatic heterocycles. The zero-order valence-corrected chi connectivity index (χ0v) is 12.5. The van der Waals surface area contributed by atoms with Gasteiger partial charge < -0.3 is 4.74 Å². The number of thiazole rings is 1. The van der Waals surface area contributed by atoms with Crippen molar-refractivity contribution in [2.24, 2.45) is 0 Å². The van der Waals surface area contributed by atoms with E-state index >= 15 is 0 Å². The monoisotopic (exact) mass is 349 g/mol. The summed E-state index contributed by atoms with van der Waals surface area (Å²) in [4.78, 5) is 4.30. The highest BCUT2D eigenvalue weighted by Crippen LogP contribution is 2.21. The third kappa shape index (κ3) is 3.67. The van der Waals surface area contributed by atoms with Crippen LogP contribution in [0, 0.1) is 5.82 Å². The van der Waals surface area contributed by atoms with Gasteiger partial charge in [-0.2, -0.15) is 0 Å². The molecule has 1 aromatic heterocycles. The predicted molar refractivity (Wildman–Crippen MR) is 75.0 cm³/mol. The van der Waals surface area contributed by atoms with E-state index in [4.69, 9.17) is 16.3 Å².